The van der Waals surface area contributed by atoms with Gasteiger partial charge < -0.3 is 14.6 Å². The fourth-order valence-corrected chi connectivity index (χ4v) is 3.37. The molecule has 29 heavy (non-hydrogen) atoms. The molecule has 0 spiro atoms. The summed E-state index contributed by atoms with van der Waals surface area (Å²) in [4.78, 5) is 37.6. The van der Waals surface area contributed by atoms with Gasteiger partial charge in [0.25, 0.3) is 5.56 Å². The van der Waals surface area contributed by atoms with E-state index in [0.29, 0.717) is 37.3 Å². The number of rotatable bonds is 8. The maximum absolute atomic E-state index is 12.6. The van der Waals surface area contributed by atoms with Gasteiger partial charge in [0.1, 0.15) is 17.9 Å². The minimum absolute atomic E-state index is 0.0234. The van der Waals surface area contributed by atoms with Gasteiger partial charge in [-0.3, -0.25) is 18.7 Å². The minimum Gasteiger partial charge on any atom is -0.494 e. The smallest absolute Gasteiger partial charge is 0.332 e. The maximum Gasteiger partial charge on any atom is 0.332 e. The van der Waals surface area contributed by atoms with Crippen LogP contribution in [0.3, 0.4) is 0 Å². The molecule has 0 atom stereocenters. The van der Waals surface area contributed by atoms with E-state index in [-0.39, 0.29) is 23.7 Å². The number of aryl methyl sites for hydroxylation is 1. The summed E-state index contributed by atoms with van der Waals surface area (Å²) in [6.07, 6.45) is 1.67. The molecule has 154 valence electrons. The van der Waals surface area contributed by atoms with Gasteiger partial charge in [-0.1, -0.05) is 12.1 Å². The number of amides is 1. The van der Waals surface area contributed by atoms with Crippen molar-refractivity contribution >= 4 is 16.9 Å². The van der Waals surface area contributed by atoms with E-state index in [0.717, 1.165) is 11.3 Å². The third-order valence-corrected chi connectivity index (χ3v) is 4.80. The first kappa shape index (κ1) is 20.4. The molecule has 1 N–H and O–H groups in total. The van der Waals surface area contributed by atoms with E-state index in [1.807, 2.05) is 38.1 Å². The van der Waals surface area contributed by atoms with Crippen molar-refractivity contribution in [3.63, 3.8) is 0 Å². The summed E-state index contributed by atoms with van der Waals surface area (Å²) in [5.74, 6) is 0.586. The summed E-state index contributed by atoms with van der Waals surface area (Å²) in [7, 11) is 0. The van der Waals surface area contributed by atoms with Crippen LogP contribution in [-0.4, -0.2) is 26.2 Å². The molecule has 8 nitrogen and oxygen atoms in total. The van der Waals surface area contributed by atoms with Crippen LogP contribution in [-0.2, 0) is 31.0 Å². The Bertz CT molecular complexity index is 1120. The van der Waals surface area contributed by atoms with Gasteiger partial charge in [-0.15, -0.1) is 0 Å². The average molecular weight is 398 g/mol. The van der Waals surface area contributed by atoms with Crippen LogP contribution >= 0.6 is 0 Å². The van der Waals surface area contributed by atoms with Gasteiger partial charge in [0.2, 0.25) is 5.91 Å². The van der Waals surface area contributed by atoms with Crippen molar-refractivity contribution in [2.24, 2.45) is 0 Å². The Morgan fingerprint density at radius 3 is 2.31 bits per heavy atom. The lowest BCUT2D eigenvalue weighted by Gasteiger charge is -2.13. The summed E-state index contributed by atoms with van der Waals surface area (Å²) in [5.41, 5.74) is 0.742. The standard InChI is InChI=1S/C21H26N4O4/c1-4-24-19-17(20(27)25(5-2)21(24)28)11-12-23(19)14-18(26)22-13-15-7-9-16(10-8-15)29-6-3/h7-12H,4-6,13-14H2,1-3H3,(H,22,26). The zero-order valence-corrected chi connectivity index (χ0v) is 17.0. The zero-order valence-electron chi connectivity index (χ0n) is 17.0. The van der Waals surface area contributed by atoms with E-state index in [4.69, 9.17) is 4.74 Å². The lowest BCUT2D eigenvalue weighted by molar-refractivity contribution is -0.121. The topological polar surface area (TPSA) is 87.3 Å². The van der Waals surface area contributed by atoms with Gasteiger partial charge in [-0.25, -0.2) is 4.79 Å². The maximum atomic E-state index is 12.6. The normalized spacial score (nSPS) is 11.0. The molecule has 0 aliphatic rings. The molecule has 3 aromatic rings. The molecule has 0 bridgehead atoms. The van der Waals surface area contributed by atoms with Crippen LogP contribution in [0.15, 0.2) is 46.1 Å². The highest BCUT2D eigenvalue weighted by Gasteiger charge is 2.16. The molecule has 2 heterocycles. The predicted octanol–water partition coefficient (Wildman–Crippen LogP) is 1.72. The molecule has 0 saturated heterocycles. The van der Waals surface area contributed by atoms with E-state index in [2.05, 4.69) is 5.32 Å². The highest BCUT2D eigenvalue weighted by molar-refractivity contribution is 5.80. The number of benzene rings is 1. The molecular formula is C21H26N4O4. The quantitative estimate of drug-likeness (QED) is 0.626. The van der Waals surface area contributed by atoms with E-state index in [1.165, 1.54) is 9.13 Å². The first-order valence-electron chi connectivity index (χ1n) is 9.81. The van der Waals surface area contributed by atoms with Crippen molar-refractivity contribution in [3.8, 4) is 5.75 Å². The Labute approximate surface area is 168 Å². The molecule has 0 radical (unpaired) electrons. The van der Waals surface area contributed by atoms with Crippen molar-refractivity contribution in [2.75, 3.05) is 6.61 Å². The van der Waals surface area contributed by atoms with Crippen LogP contribution in [0.25, 0.3) is 11.0 Å². The van der Waals surface area contributed by atoms with Crippen molar-refractivity contribution in [2.45, 2.75) is 47.0 Å². The molecule has 0 unspecified atom stereocenters. The molecule has 8 heteroatoms. The molecule has 1 aromatic carbocycles. The van der Waals surface area contributed by atoms with Crippen LogP contribution < -0.4 is 21.3 Å². The Hall–Kier alpha value is -3.29. The van der Waals surface area contributed by atoms with Crippen LogP contribution in [0, 0.1) is 0 Å². The number of hydrogen-bond donors (Lipinski definition) is 1. The molecule has 0 aliphatic carbocycles. The van der Waals surface area contributed by atoms with Crippen molar-refractivity contribution in [1.82, 2.24) is 19.0 Å². The molecule has 0 saturated carbocycles. The number of fused-ring (bicyclic) bond motifs is 1. The predicted molar refractivity (Wildman–Crippen MR) is 111 cm³/mol. The highest BCUT2D eigenvalue weighted by atomic mass is 16.5. The van der Waals surface area contributed by atoms with Gasteiger partial charge >= 0.3 is 5.69 Å². The number of aromatic nitrogens is 3. The molecule has 3 rings (SSSR count). The van der Waals surface area contributed by atoms with Gasteiger partial charge in [0.05, 0.1) is 12.0 Å². The molecule has 1 amide bonds. The molecule has 2 aromatic heterocycles. The van der Waals surface area contributed by atoms with Gasteiger partial charge in [-0.2, -0.15) is 0 Å². The van der Waals surface area contributed by atoms with Crippen molar-refractivity contribution < 1.29 is 9.53 Å². The SMILES string of the molecule is CCOc1ccc(CNC(=O)Cn2ccc3c(=O)n(CC)c(=O)n(CC)c32)cc1. The number of carbonyl (C=O) groups excluding carboxylic acids is 1. The van der Waals surface area contributed by atoms with E-state index < -0.39 is 0 Å². The Morgan fingerprint density at radius 2 is 1.69 bits per heavy atom. The number of nitrogens with zero attached hydrogens (tertiary/aromatic N) is 3. The average Bonchev–Trinajstić information content (AvgIpc) is 3.12. The summed E-state index contributed by atoms with van der Waals surface area (Å²) < 4.78 is 9.80. The Balaban J connectivity index is 1.78. The van der Waals surface area contributed by atoms with Crippen LogP contribution in [0.2, 0.25) is 0 Å². The number of ether oxygens (including phenoxy) is 1. The first-order valence-corrected chi connectivity index (χ1v) is 9.81. The third kappa shape index (κ3) is 4.11. The van der Waals surface area contributed by atoms with Crippen LogP contribution in [0.1, 0.15) is 26.3 Å². The molecule has 0 fully saturated rings. The molecular weight excluding hydrogens is 372 g/mol. The van der Waals surface area contributed by atoms with Gasteiger partial charge in [0.15, 0.2) is 0 Å². The van der Waals surface area contributed by atoms with Crippen LogP contribution in [0.5, 0.6) is 5.75 Å². The summed E-state index contributed by atoms with van der Waals surface area (Å²) in [6.45, 7) is 7.26. The van der Waals surface area contributed by atoms with Crippen molar-refractivity contribution in [3.05, 3.63) is 62.9 Å². The monoisotopic (exact) mass is 398 g/mol. The number of hydrogen-bond acceptors (Lipinski definition) is 4. The zero-order chi connectivity index (χ0) is 21.0. The fraction of sp³-hybridized carbons (Fsp3) is 0.381. The van der Waals surface area contributed by atoms with Gasteiger partial charge in [-0.05, 0) is 44.5 Å². The number of nitrogens with one attached hydrogen (secondary N) is 1. The van der Waals surface area contributed by atoms with E-state index in [9.17, 15) is 14.4 Å². The highest BCUT2D eigenvalue weighted by Crippen LogP contribution is 2.13. The largest absolute Gasteiger partial charge is 0.494 e. The minimum atomic E-state index is -0.359. The second-order valence-electron chi connectivity index (χ2n) is 6.61. The second kappa shape index (κ2) is 8.81. The van der Waals surface area contributed by atoms with Gasteiger partial charge in [0, 0.05) is 25.8 Å². The number of carbonyl (C=O) groups is 1. The summed E-state index contributed by atoms with van der Waals surface area (Å²) in [6, 6.07) is 9.19. The Morgan fingerprint density at radius 1 is 1.00 bits per heavy atom. The fourth-order valence-electron chi connectivity index (χ4n) is 3.37. The summed E-state index contributed by atoms with van der Waals surface area (Å²) >= 11 is 0. The third-order valence-electron chi connectivity index (χ3n) is 4.80. The van der Waals surface area contributed by atoms with Crippen molar-refractivity contribution in [1.29, 1.82) is 0 Å². The van der Waals surface area contributed by atoms with Crippen LogP contribution in [0.4, 0.5) is 0 Å². The summed E-state index contributed by atoms with van der Waals surface area (Å²) in [5, 5.41) is 3.31. The molecule has 0 aliphatic heterocycles. The van der Waals surface area contributed by atoms with E-state index >= 15 is 0 Å². The van der Waals surface area contributed by atoms with E-state index in [1.54, 1.807) is 23.8 Å². The lowest BCUT2D eigenvalue weighted by Crippen LogP contribution is -2.40. The first-order chi connectivity index (χ1) is 14.0. The Kier molecular flexibility index (Phi) is 6.21. The lowest BCUT2D eigenvalue weighted by atomic mass is 10.2. The second-order valence-corrected chi connectivity index (χ2v) is 6.61.